The van der Waals surface area contributed by atoms with E-state index in [0.29, 0.717) is 0 Å². The number of carbonyl (C=O) groups is 1. The molecule has 0 aliphatic rings. The van der Waals surface area contributed by atoms with E-state index in [4.69, 9.17) is 0 Å². The molecular weight excluding hydrogens is 224 g/mol. The van der Waals surface area contributed by atoms with E-state index in [-0.39, 0.29) is 18.1 Å². The Labute approximate surface area is 100 Å². The van der Waals surface area contributed by atoms with Gasteiger partial charge in [0.15, 0.2) is 0 Å². The zero-order valence-electron chi connectivity index (χ0n) is 10.4. The van der Waals surface area contributed by atoms with Crippen LogP contribution in [0.1, 0.15) is 29.4 Å². The van der Waals surface area contributed by atoms with Crippen LogP contribution in [0.4, 0.5) is 0 Å². The second-order valence-corrected chi connectivity index (χ2v) is 5.42. The second-order valence-electron chi connectivity index (χ2n) is 4.22. The number of aryl methyl sites for hydroxylation is 2. The summed E-state index contributed by atoms with van der Waals surface area (Å²) in [7, 11) is 1.38. The normalized spacial score (nSPS) is 11.6. The van der Waals surface area contributed by atoms with Crippen molar-refractivity contribution in [2.45, 2.75) is 33.2 Å². The number of ether oxygens (including phenoxy) is 1. The van der Waals surface area contributed by atoms with Gasteiger partial charge >= 0.3 is 5.97 Å². The van der Waals surface area contributed by atoms with Crippen molar-refractivity contribution in [1.29, 1.82) is 0 Å². The molecule has 0 aliphatic heterocycles. The molecular formula is C11H18N2O2S. The smallest absolute Gasteiger partial charge is 0.319 e. The van der Waals surface area contributed by atoms with Gasteiger partial charge in [-0.05, 0) is 27.7 Å². The number of nitrogens with zero attached hydrogens (tertiary/aromatic N) is 1. The molecule has 1 aromatic heterocycles. The van der Waals surface area contributed by atoms with Crippen molar-refractivity contribution in [3.05, 3.63) is 15.6 Å². The molecule has 0 fully saturated rings. The molecule has 0 aromatic carbocycles. The minimum Gasteiger partial charge on any atom is -0.468 e. The Morgan fingerprint density at radius 1 is 1.50 bits per heavy atom. The first-order valence-electron chi connectivity index (χ1n) is 5.13. The Balaban J connectivity index is 2.73. The number of carbonyl (C=O) groups excluding carboxylic acids is 1. The van der Waals surface area contributed by atoms with Crippen LogP contribution in [-0.2, 0) is 15.1 Å². The molecule has 0 saturated carbocycles. The summed E-state index contributed by atoms with van der Waals surface area (Å²) >= 11 is 1.65. The fourth-order valence-corrected chi connectivity index (χ4v) is 2.17. The summed E-state index contributed by atoms with van der Waals surface area (Å²) in [5.41, 5.74) is 0.741. The summed E-state index contributed by atoms with van der Waals surface area (Å²) in [5, 5.41) is 4.13. The Bertz CT molecular complexity index is 366. The summed E-state index contributed by atoms with van der Waals surface area (Å²) in [5.74, 6) is -0.266. The molecule has 16 heavy (non-hydrogen) atoms. The number of esters is 1. The number of hydrogen-bond donors (Lipinski definition) is 1. The first kappa shape index (κ1) is 13.1. The molecule has 0 aliphatic carbocycles. The zero-order chi connectivity index (χ0) is 12.3. The second kappa shape index (κ2) is 4.93. The number of hydrogen-bond acceptors (Lipinski definition) is 5. The monoisotopic (exact) mass is 242 g/mol. The molecule has 90 valence electrons. The van der Waals surface area contributed by atoms with Gasteiger partial charge in [-0.25, -0.2) is 4.98 Å². The molecule has 0 radical (unpaired) electrons. The molecule has 0 atom stereocenters. The highest BCUT2D eigenvalue weighted by atomic mass is 32.1. The van der Waals surface area contributed by atoms with Crippen LogP contribution >= 0.6 is 11.3 Å². The average molecular weight is 242 g/mol. The van der Waals surface area contributed by atoms with Gasteiger partial charge in [-0.2, -0.15) is 0 Å². The number of methoxy groups -OCH3 is 1. The highest BCUT2D eigenvalue weighted by molar-refractivity contribution is 7.11. The van der Waals surface area contributed by atoms with Crippen LogP contribution in [0.15, 0.2) is 0 Å². The summed E-state index contributed by atoms with van der Waals surface area (Å²) in [6.07, 6.45) is 0. The number of aromatic nitrogens is 1. The van der Waals surface area contributed by atoms with E-state index in [1.54, 1.807) is 11.3 Å². The van der Waals surface area contributed by atoms with Crippen molar-refractivity contribution in [2.24, 2.45) is 0 Å². The maximum Gasteiger partial charge on any atom is 0.319 e. The van der Waals surface area contributed by atoms with E-state index in [9.17, 15) is 4.79 Å². The van der Waals surface area contributed by atoms with E-state index in [0.717, 1.165) is 10.7 Å². The lowest BCUT2D eigenvalue weighted by Crippen LogP contribution is -2.40. The molecule has 1 N–H and O–H groups in total. The highest BCUT2D eigenvalue weighted by Crippen LogP contribution is 2.26. The van der Waals surface area contributed by atoms with E-state index >= 15 is 0 Å². The van der Waals surface area contributed by atoms with Gasteiger partial charge in [-0.3, -0.25) is 10.1 Å². The van der Waals surface area contributed by atoms with Crippen LogP contribution in [-0.4, -0.2) is 24.6 Å². The number of rotatable bonds is 4. The van der Waals surface area contributed by atoms with Crippen molar-refractivity contribution >= 4 is 17.3 Å². The molecule has 5 heteroatoms. The summed E-state index contributed by atoms with van der Waals surface area (Å²) in [6.45, 7) is 8.25. The Morgan fingerprint density at radius 3 is 2.56 bits per heavy atom. The Hall–Kier alpha value is -0.940. The van der Waals surface area contributed by atoms with Crippen molar-refractivity contribution < 1.29 is 9.53 Å². The maximum absolute atomic E-state index is 11.1. The van der Waals surface area contributed by atoms with Crippen LogP contribution in [0.2, 0.25) is 0 Å². The fraction of sp³-hybridized carbons (Fsp3) is 0.636. The molecule has 1 rings (SSSR count). The summed E-state index contributed by atoms with van der Waals surface area (Å²) in [6, 6.07) is 0. The van der Waals surface area contributed by atoms with Crippen LogP contribution in [0.3, 0.4) is 0 Å². The van der Waals surface area contributed by atoms with Gasteiger partial charge < -0.3 is 4.74 Å². The van der Waals surface area contributed by atoms with Crippen molar-refractivity contribution in [3.8, 4) is 0 Å². The van der Waals surface area contributed by atoms with Crippen LogP contribution < -0.4 is 5.32 Å². The minimum atomic E-state index is -0.308. The third-order valence-electron chi connectivity index (χ3n) is 2.47. The fourth-order valence-electron chi connectivity index (χ4n) is 1.18. The molecule has 0 saturated heterocycles. The predicted octanol–water partition coefficient (Wildman–Crippen LogP) is 1.76. The maximum atomic E-state index is 11.1. The van der Waals surface area contributed by atoms with Gasteiger partial charge in [0, 0.05) is 4.88 Å². The Kier molecular flexibility index (Phi) is 4.04. The molecule has 0 amide bonds. The van der Waals surface area contributed by atoms with Gasteiger partial charge in [0.05, 0.1) is 24.9 Å². The summed E-state index contributed by atoms with van der Waals surface area (Å²) in [4.78, 5) is 16.8. The first-order valence-corrected chi connectivity index (χ1v) is 5.95. The lowest BCUT2D eigenvalue weighted by Gasteiger charge is -2.23. The molecule has 0 unspecified atom stereocenters. The van der Waals surface area contributed by atoms with Crippen molar-refractivity contribution in [2.75, 3.05) is 13.7 Å². The average Bonchev–Trinajstić information content (AvgIpc) is 2.56. The van der Waals surface area contributed by atoms with E-state index in [2.05, 4.69) is 15.0 Å². The van der Waals surface area contributed by atoms with Crippen molar-refractivity contribution in [3.63, 3.8) is 0 Å². The van der Waals surface area contributed by atoms with Crippen LogP contribution in [0, 0.1) is 13.8 Å². The number of nitrogens with one attached hydrogen (secondary N) is 1. The molecule has 4 nitrogen and oxygen atoms in total. The summed E-state index contributed by atoms with van der Waals surface area (Å²) < 4.78 is 4.59. The lowest BCUT2D eigenvalue weighted by atomic mass is 10.1. The van der Waals surface area contributed by atoms with E-state index < -0.39 is 0 Å². The predicted molar refractivity (Wildman–Crippen MR) is 64.6 cm³/mol. The van der Waals surface area contributed by atoms with Crippen molar-refractivity contribution in [1.82, 2.24) is 10.3 Å². The number of thiazole rings is 1. The van der Waals surface area contributed by atoms with Crippen LogP contribution in [0.25, 0.3) is 0 Å². The van der Waals surface area contributed by atoms with Gasteiger partial charge in [0.25, 0.3) is 0 Å². The largest absolute Gasteiger partial charge is 0.468 e. The van der Waals surface area contributed by atoms with Gasteiger partial charge in [0.2, 0.25) is 0 Å². The van der Waals surface area contributed by atoms with E-state index in [1.165, 1.54) is 12.0 Å². The quantitative estimate of drug-likeness (QED) is 0.817. The third kappa shape index (κ3) is 3.02. The third-order valence-corrected chi connectivity index (χ3v) is 3.86. The van der Waals surface area contributed by atoms with E-state index in [1.807, 2.05) is 27.7 Å². The van der Waals surface area contributed by atoms with Gasteiger partial charge in [0.1, 0.15) is 5.01 Å². The topological polar surface area (TPSA) is 51.2 Å². The minimum absolute atomic E-state index is 0.196. The lowest BCUT2D eigenvalue weighted by molar-refractivity contribution is -0.139. The molecule has 0 bridgehead atoms. The van der Waals surface area contributed by atoms with Crippen LogP contribution in [0.5, 0.6) is 0 Å². The molecule has 0 spiro atoms. The SMILES string of the molecule is COC(=O)CNC(C)(C)c1nc(C)c(C)s1. The van der Waals surface area contributed by atoms with Gasteiger partial charge in [-0.15, -0.1) is 11.3 Å². The molecule has 1 aromatic rings. The standard InChI is InChI=1S/C11H18N2O2S/c1-7-8(2)16-10(13-7)11(3,4)12-6-9(14)15-5/h12H,6H2,1-5H3. The molecule has 1 heterocycles. The zero-order valence-corrected chi connectivity index (χ0v) is 11.2. The first-order chi connectivity index (χ1) is 7.36. The highest BCUT2D eigenvalue weighted by Gasteiger charge is 2.25. The van der Waals surface area contributed by atoms with Gasteiger partial charge in [-0.1, -0.05) is 0 Å². The Morgan fingerprint density at radius 2 is 2.12 bits per heavy atom.